The smallest absolute Gasteiger partial charge is 0.237 e. The zero-order valence-electron chi connectivity index (χ0n) is 11.3. The summed E-state index contributed by atoms with van der Waals surface area (Å²) in [4.78, 5) is 16.7. The number of hydrogen-bond acceptors (Lipinski definition) is 3. The van der Waals surface area contributed by atoms with Crippen molar-refractivity contribution in [2.45, 2.75) is 51.7 Å². The average molecular weight is 239 g/mol. The molecule has 2 aliphatic rings. The average Bonchev–Trinajstić information content (AvgIpc) is 3.12. The molecular formula is C13H25N3O. The molecule has 1 amide bonds. The van der Waals surface area contributed by atoms with E-state index in [1.54, 1.807) is 0 Å². The SMILES string of the molecule is CC(C)N1CCN(C(C)C(=O)NC2CC2)CC1. The Bertz CT molecular complexity index is 268. The zero-order chi connectivity index (χ0) is 12.4. The van der Waals surface area contributed by atoms with E-state index in [1.807, 2.05) is 6.92 Å². The first-order valence-electron chi connectivity index (χ1n) is 6.86. The van der Waals surface area contributed by atoms with Crippen molar-refractivity contribution in [2.75, 3.05) is 26.2 Å². The lowest BCUT2D eigenvalue weighted by molar-refractivity contribution is -0.126. The molecule has 0 aromatic heterocycles. The number of hydrogen-bond donors (Lipinski definition) is 1. The summed E-state index contributed by atoms with van der Waals surface area (Å²) < 4.78 is 0. The van der Waals surface area contributed by atoms with E-state index in [0.717, 1.165) is 26.2 Å². The summed E-state index contributed by atoms with van der Waals surface area (Å²) in [5, 5.41) is 3.09. The Morgan fingerprint density at radius 3 is 2.06 bits per heavy atom. The van der Waals surface area contributed by atoms with Gasteiger partial charge in [-0.3, -0.25) is 14.6 Å². The summed E-state index contributed by atoms with van der Waals surface area (Å²) in [5.41, 5.74) is 0. The van der Waals surface area contributed by atoms with Gasteiger partial charge in [-0.05, 0) is 33.6 Å². The van der Waals surface area contributed by atoms with Crippen LogP contribution >= 0.6 is 0 Å². The molecule has 0 aromatic rings. The molecule has 4 heteroatoms. The standard InChI is InChI=1S/C13H25N3O/c1-10(2)15-6-8-16(9-7-15)11(3)13(17)14-12-4-5-12/h10-12H,4-9H2,1-3H3,(H,14,17). The molecule has 17 heavy (non-hydrogen) atoms. The molecule has 0 bridgehead atoms. The molecule has 0 spiro atoms. The number of piperazine rings is 1. The number of carbonyl (C=O) groups excluding carboxylic acids is 1. The minimum absolute atomic E-state index is 0.0323. The maximum atomic E-state index is 11.9. The van der Waals surface area contributed by atoms with Gasteiger partial charge in [0.1, 0.15) is 0 Å². The summed E-state index contributed by atoms with van der Waals surface area (Å²) >= 11 is 0. The summed E-state index contributed by atoms with van der Waals surface area (Å²) in [6.45, 7) is 10.7. The van der Waals surface area contributed by atoms with E-state index >= 15 is 0 Å². The molecule has 1 N–H and O–H groups in total. The van der Waals surface area contributed by atoms with Gasteiger partial charge in [0.25, 0.3) is 0 Å². The van der Waals surface area contributed by atoms with Crippen LogP contribution in [0.15, 0.2) is 0 Å². The maximum absolute atomic E-state index is 11.9. The van der Waals surface area contributed by atoms with E-state index in [9.17, 15) is 4.79 Å². The van der Waals surface area contributed by atoms with Crippen LogP contribution < -0.4 is 5.32 Å². The topological polar surface area (TPSA) is 35.6 Å². The molecule has 4 nitrogen and oxygen atoms in total. The molecule has 1 heterocycles. The molecule has 1 unspecified atom stereocenters. The fraction of sp³-hybridized carbons (Fsp3) is 0.923. The number of amides is 1. The van der Waals surface area contributed by atoms with Crippen LogP contribution in [0.1, 0.15) is 33.6 Å². The molecule has 2 fully saturated rings. The summed E-state index contributed by atoms with van der Waals surface area (Å²) in [6, 6.07) is 1.12. The van der Waals surface area contributed by atoms with Gasteiger partial charge < -0.3 is 5.32 Å². The minimum Gasteiger partial charge on any atom is -0.352 e. The normalized spacial score (nSPS) is 24.9. The second kappa shape index (κ2) is 5.36. The van der Waals surface area contributed by atoms with Crippen LogP contribution in [0.5, 0.6) is 0 Å². The van der Waals surface area contributed by atoms with E-state index in [2.05, 4.69) is 29.0 Å². The van der Waals surface area contributed by atoms with Crippen LogP contribution in [-0.2, 0) is 4.79 Å². The van der Waals surface area contributed by atoms with Crippen LogP contribution in [0.4, 0.5) is 0 Å². The van der Waals surface area contributed by atoms with Gasteiger partial charge in [-0.1, -0.05) is 0 Å². The molecule has 0 radical (unpaired) electrons. The molecule has 98 valence electrons. The first-order valence-corrected chi connectivity index (χ1v) is 6.86. The fourth-order valence-corrected chi connectivity index (χ4v) is 2.36. The quantitative estimate of drug-likeness (QED) is 0.783. The van der Waals surface area contributed by atoms with Crippen molar-refractivity contribution < 1.29 is 4.79 Å². The lowest BCUT2D eigenvalue weighted by Crippen LogP contribution is -2.55. The van der Waals surface area contributed by atoms with E-state index in [-0.39, 0.29) is 11.9 Å². The van der Waals surface area contributed by atoms with E-state index in [1.165, 1.54) is 12.8 Å². The monoisotopic (exact) mass is 239 g/mol. The van der Waals surface area contributed by atoms with E-state index in [0.29, 0.717) is 12.1 Å². The van der Waals surface area contributed by atoms with Crippen molar-refractivity contribution in [3.05, 3.63) is 0 Å². The molecular weight excluding hydrogens is 214 g/mol. The third-order valence-corrected chi connectivity index (χ3v) is 3.93. The van der Waals surface area contributed by atoms with Gasteiger partial charge in [0.15, 0.2) is 0 Å². The highest BCUT2D eigenvalue weighted by Gasteiger charge is 2.30. The molecule has 0 aromatic carbocycles. The summed E-state index contributed by atoms with van der Waals surface area (Å²) in [7, 11) is 0. The summed E-state index contributed by atoms with van der Waals surface area (Å²) in [5.74, 6) is 0.213. The third kappa shape index (κ3) is 3.42. The van der Waals surface area contributed by atoms with Crippen LogP contribution in [0.3, 0.4) is 0 Å². The van der Waals surface area contributed by atoms with Gasteiger partial charge >= 0.3 is 0 Å². The molecule has 1 saturated carbocycles. The maximum Gasteiger partial charge on any atom is 0.237 e. The van der Waals surface area contributed by atoms with Gasteiger partial charge in [0.2, 0.25) is 5.91 Å². The van der Waals surface area contributed by atoms with Crippen molar-refractivity contribution in [1.29, 1.82) is 0 Å². The number of nitrogens with one attached hydrogen (secondary N) is 1. The number of carbonyl (C=O) groups is 1. The van der Waals surface area contributed by atoms with Crippen LogP contribution in [0.2, 0.25) is 0 Å². The predicted octanol–water partition coefficient (Wildman–Crippen LogP) is 0.680. The Balaban J connectivity index is 1.76. The van der Waals surface area contributed by atoms with Crippen LogP contribution in [0.25, 0.3) is 0 Å². The molecule has 1 atom stereocenters. The first kappa shape index (κ1) is 12.8. The minimum atomic E-state index is 0.0323. The Hall–Kier alpha value is -0.610. The lowest BCUT2D eigenvalue weighted by Gasteiger charge is -2.39. The summed E-state index contributed by atoms with van der Waals surface area (Å²) in [6.07, 6.45) is 2.33. The zero-order valence-corrected chi connectivity index (χ0v) is 11.3. The highest BCUT2D eigenvalue weighted by atomic mass is 16.2. The second-order valence-corrected chi connectivity index (χ2v) is 5.62. The van der Waals surface area contributed by atoms with Gasteiger partial charge in [-0.25, -0.2) is 0 Å². The Morgan fingerprint density at radius 2 is 1.59 bits per heavy atom. The van der Waals surface area contributed by atoms with Crippen molar-refractivity contribution in [3.8, 4) is 0 Å². The largest absolute Gasteiger partial charge is 0.352 e. The second-order valence-electron chi connectivity index (χ2n) is 5.62. The Labute approximate surface area is 104 Å². The van der Waals surface area contributed by atoms with Gasteiger partial charge in [0.05, 0.1) is 6.04 Å². The lowest BCUT2D eigenvalue weighted by atomic mass is 10.2. The fourth-order valence-electron chi connectivity index (χ4n) is 2.36. The highest BCUT2D eigenvalue weighted by Crippen LogP contribution is 2.19. The van der Waals surface area contributed by atoms with Gasteiger partial charge in [-0.2, -0.15) is 0 Å². The Kier molecular flexibility index (Phi) is 4.05. The van der Waals surface area contributed by atoms with Gasteiger partial charge in [-0.15, -0.1) is 0 Å². The first-order chi connectivity index (χ1) is 8.08. The van der Waals surface area contributed by atoms with Crippen molar-refractivity contribution in [1.82, 2.24) is 15.1 Å². The third-order valence-electron chi connectivity index (χ3n) is 3.93. The number of nitrogens with zero attached hydrogens (tertiary/aromatic N) is 2. The van der Waals surface area contributed by atoms with Crippen molar-refractivity contribution in [2.24, 2.45) is 0 Å². The van der Waals surface area contributed by atoms with E-state index in [4.69, 9.17) is 0 Å². The molecule has 1 aliphatic carbocycles. The van der Waals surface area contributed by atoms with Crippen LogP contribution in [0, 0.1) is 0 Å². The van der Waals surface area contributed by atoms with Crippen molar-refractivity contribution >= 4 is 5.91 Å². The molecule has 2 rings (SSSR count). The Morgan fingerprint density at radius 1 is 1.06 bits per heavy atom. The highest BCUT2D eigenvalue weighted by molar-refractivity contribution is 5.81. The van der Waals surface area contributed by atoms with Crippen molar-refractivity contribution in [3.63, 3.8) is 0 Å². The van der Waals surface area contributed by atoms with Crippen LogP contribution in [-0.4, -0.2) is 60.0 Å². The van der Waals surface area contributed by atoms with E-state index < -0.39 is 0 Å². The predicted molar refractivity (Wildman–Crippen MR) is 68.9 cm³/mol. The number of rotatable bonds is 4. The molecule has 1 saturated heterocycles. The van der Waals surface area contributed by atoms with Gasteiger partial charge in [0, 0.05) is 38.3 Å². The molecule has 1 aliphatic heterocycles.